The Bertz CT molecular complexity index is 789. The number of hydrogen-bond donors (Lipinski definition) is 1. The number of nitro benzene ring substituents is 2. The molecule has 0 unspecified atom stereocenters. The normalized spacial score (nSPS) is 12.8. The minimum Gasteiger partial charge on any atom is -0.310 e. The van der Waals surface area contributed by atoms with Crippen molar-refractivity contribution >= 4 is 34.8 Å². The van der Waals surface area contributed by atoms with Gasteiger partial charge in [-0.1, -0.05) is 12.1 Å². The average molecular weight is 316 g/mol. The molecule has 0 aromatic heterocycles. The maximum Gasteiger partial charge on any atom is 0.277 e. The summed E-state index contributed by atoms with van der Waals surface area (Å²) >= 11 is 1.30. The van der Waals surface area contributed by atoms with Gasteiger partial charge in [0.1, 0.15) is 5.84 Å². The van der Waals surface area contributed by atoms with E-state index >= 15 is 0 Å². The van der Waals surface area contributed by atoms with Gasteiger partial charge in [0, 0.05) is 17.7 Å². The average Bonchev–Trinajstić information content (AvgIpc) is 2.53. The van der Waals surface area contributed by atoms with Crippen LogP contribution in [0.5, 0.6) is 0 Å². The van der Waals surface area contributed by atoms with Gasteiger partial charge in [-0.25, -0.2) is 4.99 Å². The number of non-ortho nitro benzene ring substituents is 2. The van der Waals surface area contributed by atoms with Crippen LogP contribution in [0.25, 0.3) is 0 Å². The summed E-state index contributed by atoms with van der Waals surface area (Å²) in [7, 11) is 0. The lowest BCUT2D eigenvalue weighted by molar-refractivity contribution is -0.394. The molecule has 1 aliphatic rings. The second kappa shape index (κ2) is 5.45. The molecule has 1 heterocycles. The molecule has 0 atom stereocenters. The lowest BCUT2D eigenvalue weighted by Crippen LogP contribution is -2.20. The maximum absolute atomic E-state index is 10.9. The molecule has 0 radical (unpaired) electrons. The molecular weight excluding hydrogens is 308 g/mol. The standard InChI is InChI=1S/C13H8N4O4S/c18-16(19)9-5-8(6-10(7-9)17(20)21)13-14-11-3-1-2-4-12(11)22-15-13/h1-7H,(H,14,15). The van der Waals surface area contributed by atoms with E-state index in [0.29, 0.717) is 17.1 Å². The number of nitrogens with one attached hydrogen (secondary N) is 1. The van der Waals surface area contributed by atoms with E-state index in [1.54, 1.807) is 6.07 Å². The van der Waals surface area contributed by atoms with Gasteiger partial charge < -0.3 is 4.72 Å². The van der Waals surface area contributed by atoms with Crippen molar-refractivity contribution in [3.05, 3.63) is 68.3 Å². The predicted molar refractivity (Wildman–Crippen MR) is 81.4 cm³/mol. The molecule has 22 heavy (non-hydrogen) atoms. The second-order valence-corrected chi connectivity index (χ2v) is 5.23. The van der Waals surface area contributed by atoms with Crippen molar-refractivity contribution in [2.75, 3.05) is 0 Å². The number of hydrogen-bond acceptors (Lipinski definition) is 7. The van der Waals surface area contributed by atoms with E-state index in [2.05, 4.69) is 9.71 Å². The Kier molecular flexibility index (Phi) is 3.47. The third-order valence-electron chi connectivity index (χ3n) is 2.95. The third-order valence-corrected chi connectivity index (χ3v) is 3.81. The number of benzene rings is 2. The Morgan fingerprint density at radius 1 is 1.00 bits per heavy atom. The Labute approximate surface area is 128 Å². The fourth-order valence-electron chi connectivity index (χ4n) is 1.95. The first-order chi connectivity index (χ1) is 10.5. The molecule has 0 saturated heterocycles. The molecule has 1 N–H and O–H groups in total. The molecule has 110 valence electrons. The van der Waals surface area contributed by atoms with Crippen molar-refractivity contribution in [2.45, 2.75) is 4.90 Å². The number of fused-ring (bicyclic) bond motifs is 1. The van der Waals surface area contributed by atoms with Gasteiger partial charge >= 0.3 is 0 Å². The molecule has 0 aliphatic carbocycles. The molecule has 8 nitrogen and oxygen atoms in total. The molecule has 0 bridgehead atoms. The van der Waals surface area contributed by atoms with Crippen LogP contribution in [-0.4, -0.2) is 15.7 Å². The van der Waals surface area contributed by atoms with E-state index in [1.807, 2.05) is 18.2 Å². The monoisotopic (exact) mass is 316 g/mol. The van der Waals surface area contributed by atoms with Crippen molar-refractivity contribution in [1.29, 1.82) is 0 Å². The number of nitro groups is 2. The minimum atomic E-state index is -0.666. The Morgan fingerprint density at radius 2 is 1.64 bits per heavy atom. The molecule has 0 amide bonds. The zero-order valence-corrected chi connectivity index (χ0v) is 11.7. The van der Waals surface area contributed by atoms with Gasteiger partial charge in [-0.3, -0.25) is 20.2 Å². The predicted octanol–water partition coefficient (Wildman–Crippen LogP) is 3.19. The topological polar surface area (TPSA) is 111 Å². The van der Waals surface area contributed by atoms with Crippen LogP contribution in [0.15, 0.2) is 52.4 Å². The summed E-state index contributed by atoms with van der Waals surface area (Å²) in [5.74, 6) is 0.343. The number of para-hydroxylation sites is 1. The summed E-state index contributed by atoms with van der Waals surface area (Å²) in [6, 6.07) is 10.8. The maximum atomic E-state index is 10.9. The van der Waals surface area contributed by atoms with Gasteiger partial charge in [-0.2, -0.15) is 0 Å². The minimum absolute atomic E-state index is 0.294. The Balaban J connectivity index is 2.11. The number of rotatable bonds is 3. The smallest absolute Gasteiger partial charge is 0.277 e. The highest BCUT2D eigenvalue weighted by atomic mass is 32.2. The summed E-state index contributed by atoms with van der Waals surface area (Å²) in [6.45, 7) is 0. The van der Waals surface area contributed by atoms with E-state index in [-0.39, 0.29) is 11.4 Å². The summed E-state index contributed by atoms with van der Waals surface area (Å²) in [5, 5.41) is 21.9. The summed E-state index contributed by atoms with van der Waals surface area (Å²) < 4.78 is 2.95. The van der Waals surface area contributed by atoms with Gasteiger partial charge in [0.15, 0.2) is 0 Å². The molecule has 0 spiro atoms. The largest absolute Gasteiger partial charge is 0.310 e. The SMILES string of the molecule is O=[N+]([O-])c1cc(C2=Nc3ccccc3SN2)cc([N+](=O)[O-])c1. The Morgan fingerprint density at radius 3 is 2.27 bits per heavy atom. The van der Waals surface area contributed by atoms with Crippen LogP contribution in [-0.2, 0) is 0 Å². The molecule has 2 aromatic rings. The molecule has 3 rings (SSSR count). The second-order valence-electron chi connectivity index (χ2n) is 4.38. The van der Waals surface area contributed by atoms with Crippen molar-refractivity contribution in [1.82, 2.24) is 4.72 Å². The third kappa shape index (κ3) is 2.61. The van der Waals surface area contributed by atoms with Gasteiger partial charge in [0.2, 0.25) is 0 Å². The fourth-order valence-corrected chi connectivity index (χ4v) is 2.68. The number of aliphatic imine (C=N–C) groups is 1. The number of nitrogens with zero attached hydrogens (tertiary/aromatic N) is 3. The lowest BCUT2D eigenvalue weighted by atomic mass is 10.1. The zero-order valence-electron chi connectivity index (χ0n) is 10.9. The Hall–Kier alpha value is -2.94. The van der Waals surface area contributed by atoms with Crippen LogP contribution >= 0.6 is 11.9 Å². The van der Waals surface area contributed by atoms with Crippen molar-refractivity contribution in [3.8, 4) is 0 Å². The molecule has 0 saturated carbocycles. The van der Waals surface area contributed by atoms with Gasteiger partial charge in [0.25, 0.3) is 11.4 Å². The van der Waals surface area contributed by atoms with Crippen LogP contribution in [0.4, 0.5) is 17.1 Å². The molecule has 0 fully saturated rings. The molecule has 9 heteroatoms. The zero-order chi connectivity index (χ0) is 15.7. The number of amidine groups is 1. The highest BCUT2D eigenvalue weighted by Crippen LogP contribution is 2.33. The van der Waals surface area contributed by atoms with Crippen molar-refractivity contribution < 1.29 is 9.85 Å². The van der Waals surface area contributed by atoms with Gasteiger partial charge in [0.05, 0.1) is 26.5 Å². The van der Waals surface area contributed by atoms with E-state index in [1.165, 1.54) is 24.1 Å². The molecular formula is C13H8N4O4S. The highest BCUT2D eigenvalue weighted by molar-refractivity contribution is 7.98. The summed E-state index contributed by atoms with van der Waals surface area (Å²) in [4.78, 5) is 25.8. The molecule has 1 aliphatic heterocycles. The van der Waals surface area contributed by atoms with E-state index in [4.69, 9.17) is 0 Å². The quantitative estimate of drug-likeness (QED) is 0.529. The van der Waals surface area contributed by atoms with E-state index in [9.17, 15) is 20.2 Å². The first kappa shape index (κ1) is 14.0. The van der Waals surface area contributed by atoms with E-state index < -0.39 is 9.85 Å². The van der Waals surface area contributed by atoms with E-state index in [0.717, 1.165) is 11.0 Å². The van der Waals surface area contributed by atoms with Crippen LogP contribution in [0.2, 0.25) is 0 Å². The van der Waals surface area contributed by atoms with Crippen LogP contribution < -0.4 is 4.72 Å². The first-order valence-corrected chi connectivity index (χ1v) is 6.91. The summed E-state index contributed by atoms with van der Waals surface area (Å²) in [6.07, 6.45) is 0. The van der Waals surface area contributed by atoms with Gasteiger partial charge in [-0.05, 0) is 24.1 Å². The highest BCUT2D eigenvalue weighted by Gasteiger charge is 2.21. The first-order valence-electron chi connectivity index (χ1n) is 6.09. The van der Waals surface area contributed by atoms with Gasteiger partial charge in [-0.15, -0.1) is 0 Å². The van der Waals surface area contributed by atoms with Crippen LogP contribution in [0.1, 0.15) is 5.56 Å². The lowest BCUT2D eigenvalue weighted by Gasteiger charge is -2.16. The summed E-state index contributed by atoms with van der Waals surface area (Å²) in [5.41, 5.74) is 0.299. The van der Waals surface area contributed by atoms with Crippen LogP contribution in [0.3, 0.4) is 0 Å². The van der Waals surface area contributed by atoms with Crippen molar-refractivity contribution in [2.24, 2.45) is 4.99 Å². The van der Waals surface area contributed by atoms with Crippen LogP contribution in [0, 0.1) is 20.2 Å². The fraction of sp³-hybridized carbons (Fsp3) is 0. The molecule has 2 aromatic carbocycles. The van der Waals surface area contributed by atoms with Crippen molar-refractivity contribution in [3.63, 3.8) is 0 Å².